The van der Waals surface area contributed by atoms with E-state index in [1.165, 1.54) is 6.08 Å². The quantitative estimate of drug-likeness (QED) is 0.286. The second-order valence-corrected chi connectivity index (χ2v) is 0.709. The zero-order chi connectivity index (χ0) is 6.99. The van der Waals surface area contributed by atoms with E-state index in [9.17, 15) is 0 Å². The van der Waals surface area contributed by atoms with E-state index in [1.54, 1.807) is 0 Å². The van der Waals surface area contributed by atoms with Crippen molar-refractivity contribution < 1.29 is 15.4 Å². The van der Waals surface area contributed by atoms with E-state index in [-0.39, 0.29) is 6.61 Å². The molecule has 0 bridgehead atoms. The Balaban J connectivity index is 0. The Morgan fingerprint density at radius 2 is 2.00 bits per heavy atom. The van der Waals surface area contributed by atoms with Crippen molar-refractivity contribution in [2.75, 3.05) is 6.61 Å². The summed E-state index contributed by atoms with van der Waals surface area (Å²) in [5, 5.41) is 21.4. The van der Waals surface area contributed by atoms with Gasteiger partial charge in [0, 0.05) is 0 Å². The van der Waals surface area contributed by atoms with E-state index in [4.69, 9.17) is 20.4 Å². The normalized spacial score (nSPS) is 6.12. The van der Waals surface area contributed by atoms with Gasteiger partial charge in [-0.15, -0.1) is 16.7 Å². The molecule has 0 aliphatic carbocycles. The average molecular weight is 121 g/mol. The predicted octanol–water partition coefficient (Wildman–Crippen LogP) is -0.183. The van der Waals surface area contributed by atoms with Gasteiger partial charge in [-0.25, -0.2) is 0 Å². The predicted molar refractivity (Wildman–Crippen MR) is 26.1 cm³/mol. The summed E-state index contributed by atoms with van der Waals surface area (Å²) in [6, 6.07) is 0. The molecule has 0 saturated heterocycles. The Hall–Kier alpha value is -1.10. The van der Waals surface area contributed by atoms with Crippen LogP contribution in [0.5, 0.6) is 0 Å². The van der Waals surface area contributed by atoms with Crippen molar-refractivity contribution in [2.45, 2.75) is 0 Å². The first kappa shape index (κ1) is 10.0. The topological polar surface area (TPSA) is 83.6 Å². The number of hydrogen-bond donors (Lipinski definition) is 2. The minimum atomic E-state index is -1.50. The second-order valence-electron chi connectivity index (χ2n) is 0.709. The van der Waals surface area contributed by atoms with Gasteiger partial charge in [0.15, 0.2) is 0 Å². The van der Waals surface area contributed by atoms with Gasteiger partial charge in [0.2, 0.25) is 0 Å². The van der Waals surface area contributed by atoms with Crippen molar-refractivity contribution in [1.29, 1.82) is 0 Å². The highest BCUT2D eigenvalue weighted by Gasteiger charge is 1.65. The maximum Gasteiger partial charge on any atom is 0.291 e. The lowest BCUT2D eigenvalue weighted by molar-refractivity contribution is -0.742. The van der Waals surface area contributed by atoms with E-state index in [0.717, 1.165) is 0 Å². The van der Waals surface area contributed by atoms with Crippen molar-refractivity contribution in [3.63, 3.8) is 0 Å². The highest BCUT2D eigenvalue weighted by molar-refractivity contribution is 4.60. The average Bonchev–Trinajstić information content (AvgIpc) is 1.65. The summed E-state index contributed by atoms with van der Waals surface area (Å²) in [6.45, 7) is 3.31. The fourth-order valence-corrected chi connectivity index (χ4v) is 0. The first-order valence-electron chi connectivity index (χ1n) is 1.70. The van der Waals surface area contributed by atoms with E-state index in [0.29, 0.717) is 0 Å². The number of aliphatic hydroxyl groups is 1. The molecule has 2 N–H and O–H groups in total. The molecule has 0 radical (unpaired) electrons. The van der Waals surface area contributed by atoms with Crippen LogP contribution in [0.2, 0.25) is 0 Å². The molecule has 0 saturated carbocycles. The molecule has 0 aliphatic heterocycles. The summed E-state index contributed by atoms with van der Waals surface area (Å²) in [5.41, 5.74) is 0. The molecule has 0 aromatic heterocycles. The van der Waals surface area contributed by atoms with Crippen LogP contribution in [0.25, 0.3) is 0 Å². The molecular formula is C3H7NO4. The molecule has 48 valence electrons. The minimum absolute atomic E-state index is 0.0833. The lowest BCUT2D eigenvalue weighted by atomic mass is 10.7. The van der Waals surface area contributed by atoms with Gasteiger partial charge in [-0.2, -0.15) is 0 Å². The summed E-state index contributed by atoms with van der Waals surface area (Å²) in [7, 11) is 0. The maximum atomic E-state index is 8.36. The Bertz CT molecular complexity index is 67.7. The van der Waals surface area contributed by atoms with Gasteiger partial charge in [-0.1, -0.05) is 6.08 Å². The Morgan fingerprint density at radius 1 is 1.88 bits per heavy atom. The lowest BCUT2D eigenvalue weighted by Gasteiger charge is -1.60. The Kier molecular flexibility index (Phi) is 11.6. The highest BCUT2D eigenvalue weighted by Crippen LogP contribution is 1.46. The number of hydrogen-bond acceptors (Lipinski definition) is 3. The first-order valence-corrected chi connectivity index (χ1v) is 1.70. The number of nitrogens with zero attached hydrogens (tertiary/aromatic N) is 1. The standard InChI is InChI=1S/C3H6O.HNO3/c1-2-3-4;2-1(3)4/h2,4H,1,3H2;(H,2,3,4). The van der Waals surface area contributed by atoms with E-state index >= 15 is 0 Å². The second kappa shape index (κ2) is 9.31. The summed E-state index contributed by atoms with van der Waals surface area (Å²) in [4.78, 5) is 8.36. The molecule has 0 amide bonds. The molecule has 0 aliphatic rings. The van der Waals surface area contributed by atoms with Crippen LogP contribution in [0, 0.1) is 10.1 Å². The van der Waals surface area contributed by atoms with Crippen molar-refractivity contribution >= 4 is 0 Å². The van der Waals surface area contributed by atoms with Crippen LogP contribution in [0.3, 0.4) is 0 Å². The Morgan fingerprint density at radius 3 is 2.00 bits per heavy atom. The molecule has 0 aromatic rings. The third kappa shape index (κ3) is 7450. The van der Waals surface area contributed by atoms with Gasteiger partial charge in [0.05, 0.1) is 6.61 Å². The molecule has 0 spiro atoms. The number of rotatable bonds is 1. The van der Waals surface area contributed by atoms with Crippen LogP contribution in [0.15, 0.2) is 12.7 Å². The van der Waals surface area contributed by atoms with Crippen LogP contribution in [-0.4, -0.2) is 22.0 Å². The van der Waals surface area contributed by atoms with Crippen molar-refractivity contribution in [2.24, 2.45) is 0 Å². The molecule has 0 fully saturated rings. The van der Waals surface area contributed by atoms with Gasteiger partial charge < -0.3 is 10.3 Å². The third-order valence-electron chi connectivity index (χ3n) is 0.129. The summed E-state index contributed by atoms with van der Waals surface area (Å²) in [6.07, 6.45) is 1.43. The zero-order valence-corrected chi connectivity index (χ0v) is 4.15. The van der Waals surface area contributed by atoms with Crippen LogP contribution in [0.1, 0.15) is 0 Å². The lowest BCUT2D eigenvalue weighted by Crippen LogP contribution is -1.81. The van der Waals surface area contributed by atoms with Gasteiger partial charge in [-0.3, -0.25) is 0 Å². The molecule has 0 aromatic carbocycles. The van der Waals surface area contributed by atoms with E-state index in [2.05, 4.69) is 6.58 Å². The largest absolute Gasteiger partial charge is 0.392 e. The van der Waals surface area contributed by atoms with Gasteiger partial charge in [0.25, 0.3) is 5.09 Å². The SMILES string of the molecule is C=CCO.O=[N+]([O-])O. The van der Waals surface area contributed by atoms with Crippen LogP contribution in [-0.2, 0) is 0 Å². The van der Waals surface area contributed by atoms with Crippen molar-refractivity contribution in [3.05, 3.63) is 22.8 Å². The van der Waals surface area contributed by atoms with Gasteiger partial charge in [-0.05, 0) is 0 Å². The molecule has 5 nitrogen and oxygen atoms in total. The monoisotopic (exact) mass is 121 g/mol. The summed E-state index contributed by atoms with van der Waals surface area (Å²) in [5.74, 6) is 0. The molecule has 0 heterocycles. The fraction of sp³-hybridized carbons (Fsp3) is 0.333. The Labute approximate surface area is 46.0 Å². The zero-order valence-electron chi connectivity index (χ0n) is 4.15. The first-order chi connectivity index (χ1) is 3.65. The summed E-state index contributed by atoms with van der Waals surface area (Å²) < 4.78 is 0. The van der Waals surface area contributed by atoms with Crippen molar-refractivity contribution in [1.82, 2.24) is 0 Å². The van der Waals surface area contributed by atoms with Crippen LogP contribution < -0.4 is 0 Å². The van der Waals surface area contributed by atoms with Crippen molar-refractivity contribution in [3.8, 4) is 0 Å². The van der Waals surface area contributed by atoms with E-state index in [1.807, 2.05) is 0 Å². The highest BCUT2D eigenvalue weighted by atomic mass is 16.9. The number of aliphatic hydroxyl groups excluding tert-OH is 1. The third-order valence-corrected chi connectivity index (χ3v) is 0.129. The molecule has 0 rings (SSSR count). The molecule has 0 atom stereocenters. The molecule has 5 heteroatoms. The van der Waals surface area contributed by atoms with Gasteiger partial charge in [0.1, 0.15) is 0 Å². The van der Waals surface area contributed by atoms with Gasteiger partial charge >= 0.3 is 0 Å². The minimum Gasteiger partial charge on any atom is -0.392 e. The summed E-state index contributed by atoms with van der Waals surface area (Å²) >= 11 is 0. The van der Waals surface area contributed by atoms with Crippen LogP contribution in [0.4, 0.5) is 0 Å². The molecule has 0 unspecified atom stereocenters. The van der Waals surface area contributed by atoms with E-state index < -0.39 is 5.09 Å². The molecular weight excluding hydrogens is 114 g/mol. The molecule has 8 heavy (non-hydrogen) atoms. The maximum absolute atomic E-state index is 8.36. The smallest absolute Gasteiger partial charge is 0.291 e. The van der Waals surface area contributed by atoms with Crippen LogP contribution >= 0.6 is 0 Å². The fourth-order valence-electron chi connectivity index (χ4n) is 0.